The van der Waals surface area contributed by atoms with Crippen molar-refractivity contribution in [1.29, 1.82) is 0 Å². The largest absolute Gasteiger partial charge is 0.466 e. The smallest absolute Gasteiger partial charge is 0.309 e. The predicted molar refractivity (Wildman–Crippen MR) is 46.1 cm³/mol. The van der Waals surface area contributed by atoms with Gasteiger partial charge in [-0.15, -0.1) is 0 Å². The van der Waals surface area contributed by atoms with Crippen LogP contribution in [0, 0.1) is 5.92 Å². The minimum atomic E-state index is -0.0936. The first kappa shape index (κ1) is 8.29. The van der Waals surface area contributed by atoms with Gasteiger partial charge in [0.1, 0.15) is 5.82 Å². The zero-order valence-electron chi connectivity index (χ0n) is 7.49. The minimum absolute atomic E-state index is 0.0334. The number of aromatic amines is 1. The summed E-state index contributed by atoms with van der Waals surface area (Å²) in [5.41, 5.74) is 0. The monoisotopic (exact) mass is 180 g/mol. The maximum atomic E-state index is 11.2. The molecule has 0 radical (unpaired) electrons. The lowest BCUT2D eigenvalue weighted by molar-refractivity contribution is -0.144. The van der Waals surface area contributed by atoms with E-state index in [0.717, 1.165) is 12.2 Å². The van der Waals surface area contributed by atoms with E-state index in [4.69, 9.17) is 4.74 Å². The van der Waals surface area contributed by atoms with Crippen LogP contribution in [-0.2, 0) is 9.53 Å². The minimum Gasteiger partial charge on any atom is -0.466 e. The van der Waals surface area contributed by atoms with Gasteiger partial charge in [0.15, 0.2) is 0 Å². The molecule has 2 rings (SSSR count). The van der Waals surface area contributed by atoms with Gasteiger partial charge in [0.2, 0.25) is 0 Å². The van der Waals surface area contributed by atoms with E-state index >= 15 is 0 Å². The number of hydrogen-bond donors (Lipinski definition) is 1. The van der Waals surface area contributed by atoms with Crippen LogP contribution in [0.2, 0.25) is 0 Å². The molecule has 0 aromatic carbocycles. The number of imidazole rings is 1. The molecule has 1 saturated carbocycles. The number of carbonyl (C=O) groups is 1. The topological polar surface area (TPSA) is 55.0 Å². The summed E-state index contributed by atoms with van der Waals surface area (Å²) in [6.07, 6.45) is 4.35. The number of rotatable bonds is 3. The van der Waals surface area contributed by atoms with E-state index in [1.165, 1.54) is 0 Å². The lowest BCUT2D eigenvalue weighted by Gasteiger charge is -1.98. The van der Waals surface area contributed by atoms with E-state index < -0.39 is 0 Å². The third-order valence-electron chi connectivity index (χ3n) is 2.25. The molecule has 4 nitrogen and oxygen atoms in total. The molecule has 13 heavy (non-hydrogen) atoms. The fraction of sp³-hybridized carbons (Fsp3) is 0.556. The molecule has 1 heterocycles. The van der Waals surface area contributed by atoms with Crippen molar-refractivity contribution in [3.63, 3.8) is 0 Å². The number of ether oxygens (including phenoxy) is 1. The Labute approximate surface area is 76.3 Å². The number of carbonyl (C=O) groups excluding carboxylic acids is 1. The van der Waals surface area contributed by atoms with Gasteiger partial charge in [-0.1, -0.05) is 0 Å². The second-order valence-corrected chi connectivity index (χ2v) is 3.18. The molecular weight excluding hydrogens is 168 g/mol. The molecule has 1 aromatic heterocycles. The Kier molecular flexibility index (Phi) is 2.04. The molecule has 70 valence electrons. The first-order valence-corrected chi connectivity index (χ1v) is 4.49. The third-order valence-corrected chi connectivity index (χ3v) is 2.25. The van der Waals surface area contributed by atoms with E-state index in [-0.39, 0.29) is 17.8 Å². The fourth-order valence-corrected chi connectivity index (χ4v) is 1.49. The molecule has 0 bridgehead atoms. The van der Waals surface area contributed by atoms with Crippen molar-refractivity contribution in [2.45, 2.75) is 19.3 Å². The maximum absolute atomic E-state index is 11.2. The van der Waals surface area contributed by atoms with Crippen LogP contribution < -0.4 is 0 Å². The predicted octanol–water partition coefficient (Wildman–Crippen LogP) is 1.08. The average Bonchev–Trinajstić information content (AvgIpc) is 2.74. The maximum Gasteiger partial charge on any atom is 0.309 e. The van der Waals surface area contributed by atoms with E-state index in [1.54, 1.807) is 12.4 Å². The highest BCUT2D eigenvalue weighted by atomic mass is 16.5. The van der Waals surface area contributed by atoms with E-state index in [1.807, 2.05) is 6.92 Å². The van der Waals surface area contributed by atoms with E-state index in [0.29, 0.717) is 6.61 Å². The normalized spacial score (nSPS) is 25.6. The highest BCUT2D eigenvalue weighted by molar-refractivity contribution is 5.77. The van der Waals surface area contributed by atoms with Gasteiger partial charge in [0.05, 0.1) is 12.5 Å². The Balaban J connectivity index is 1.92. The van der Waals surface area contributed by atoms with Crippen LogP contribution in [-0.4, -0.2) is 22.5 Å². The summed E-state index contributed by atoms with van der Waals surface area (Å²) >= 11 is 0. The second-order valence-electron chi connectivity index (χ2n) is 3.18. The first-order valence-electron chi connectivity index (χ1n) is 4.49. The summed E-state index contributed by atoms with van der Waals surface area (Å²) in [4.78, 5) is 18.4. The Morgan fingerprint density at radius 2 is 2.69 bits per heavy atom. The molecule has 1 fully saturated rings. The standard InChI is InChI=1S/C9H12N2O2/c1-2-13-9(12)7-5-6(7)8-10-3-4-11-8/h3-4,6-7H,2,5H2,1H3,(H,10,11)/t6-,7-/m1/s1. The van der Waals surface area contributed by atoms with Crippen molar-refractivity contribution in [1.82, 2.24) is 9.97 Å². The molecule has 0 amide bonds. The second kappa shape index (κ2) is 3.20. The fourth-order valence-electron chi connectivity index (χ4n) is 1.49. The van der Waals surface area contributed by atoms with Crippen molar-refractivity contribution in [2.75, 3.05) is 6.61 Å². The van der Waals surface area contributed by atoms with Crippen molar-refractivity contribution < 1.29 is 9.53 Å². The van der Waals surface area contributed by atoms with Crippen molar-refractivity contribution in [3.8, 4) is 0 Å². The Bertz CT molecular complexity index is 295. The molecule has 0 unspecified atom stereocenters. The van der Waals surface area contributed by atoms with E-state index in [2.05, 4.69) is 9.97 Å². The van der Waals surface area contributed by atoms with Crippen LogP contribution in [0.5, 0.6) is 0 Å². The Morgan fingerprint density at radius 3 is 3.31 bits per heavy atom. The number of nitrogens with zero attached hydrogens (tertiary/aromatic N) is 1. The van der Waals surface area contributed by atoms with E-state index in [9.17, 15) is 4.79 Å². The van der Waals surface area contributed by atoms with Crippen molar-refractivity contribution in [3.05, 3.63) is 18.2 Å². The highest BCUT2D eigenvalue weighted by Crippen LogP contribution is 2.46. The number of esters is 1. The molecule has 0 spiro atoms. The van der Waals surface area contributed by atoms with Crippen LogP contribution in [0.25, 0.3) is 0 Å². The van der Waals surface area contributed by atoms with Crippen LogP contribution in [0.15, 0.2) is 12.4 Å². The summed E-state index contributed by atoms with van der Waals surface area (Å²) in [5, 5.41) is 0. The molecule has 1 aromatic rings. The third kappa shape index (κ3) is 1.56. The van der Waals surface area contributed by atoms with Gasteiger partial charge in [-0.2, -0.15) is 0 Å². The van der Waals surface area contributed by atoms with Crippen molar-refractivity contribution >= 4 is 5.97 Å². The molecule has 0 aliphatic heterocycles. The van der Waals surface area contributed by atoms with Crippen LogP contribution in [0.3, 0.4) is 0 Å². The Hall–Kier alpha value is -1.32. The van der Waals surface area contributed by atoms with Crippen LogP contribution in [0.4, 0.5) is 0 Å². The van der Waals surface area contributed by atoms with Crippen molar-refractivity contribution in [2.24, 2.45) is 5.92 Å². The summed E-state index contributed by atoms with van der Waals surface area (Å²) in [6, 6.07) is 0. The lowest BCUT2D eigenvalue weighted by atomic mass is 10.3. The quantitative estimate of drug-likeness (QED) is 0.708. The number of H-pyrrole nitrogens is 1. The summed E-state index contributed by atoms with van der Waals surface area (Å²) in [6.45, 7) is 2.28. The molecule has 1 aliphatic carbocycles. The molecule has 4 heteroatoms. The Morgan fingerprint density at radius 1 is 1.85 bits per heavy atom. The van der Waals surface area contributed by atoms with Gasteiger partial charge in [-0.25, -0.2) is 4.98 Å². The van der Waals surface area contributed by atoms with Crippen LogP contribution >= 0.6 is 0 Å². The average molecular weight is 180 g/mol. The van der Waals surface area contributed by atoms with Gasteiger partial charge in [0.25, 0.3) is 0 Å². The SMILES string of the molecule is CCOC(=O)[C@@H]1C[C@H]1c1ncc[nH]1. The van der Waals surface area contributed by atoms with Gasteiger partial charge in [-0.3, -0.25) is 4.79 Å². The lowest BCUT2D eigenvalue weighted by Crippen LogP contribution is -2.07. The van der Waals surface area contributed by atoms with Gasteiger partial charge in [0, 0.05) is 18.3 Å². The zero-order valence-corrected chi connectivity index (χ0v) is 7.49. The molecule has 2 atom stereocenters. The molecular formula is C9H12N2O2. The molecule has 1 N–H and O–H groups in total. The first-order chi connectivity index (χ1) is 6.33. The summed E-state index contributed by atoms with van der Waals surface area (Å²) in [7, 11) is 0. The number of nitrogens with one attached hydrogen (secondary N) is 1. The van der Waals surface area contributed by atoms with Gasteiger partial charge < -0.3 is 9.72 Å². The van der Waals surface area contributed by atoms with Gasteiger partial charge in [-0.05, 0) is 13.3 Å². The zero-order chi connectivity index (χ0) is 9.26. The highest BCUT2D eigenvalue weighted by Gasteiger charge is 2.46. The van der Waals surface area contributed by atoms with Gasteiger partial charge >= 0.3 is 5.97 Å². The summed E-state index contributed by atoms with van der Waals surface area (Å²) < 4.78 is 4.91. The number of aromatic nitrogens is 2. The van der Waals surface area contributed by atoms with Crippen LogP contribution in [0.1, 0.15) is 25.1 Å². The molecule has 0 saturated heterocycles. The number of hydrogen-bond acceptors (Lipinski definition) is 3. The molecule has 1 aliphatic rings. The summed E-state index contributed by atoms with van der Waals surface area (Å²) in [5.74, 6) is 1.10.